The van der Waals surface area contributed by atoms with Gasteiger partial charge in [0.15, 0.2) is 5.69 Å². The van der Waals surface area contributed by atoms with Crippen molar-refractivity contribution in [2.75, 3.05) is 5.32 Å². The van der Waals surface area contributed by atoms with E-state index in [4.69, 9.17) is 0 Å². The van der Waals surface area contributed by atoms with Gasteiger partial charge in [0.05, 0.1) is 16.4 Å². The monoisotopic (exact) mass is 336 g/mol. The lowest BCUT2D eigenvalue weighted by molar-refractivity contribution is 0.102. The zero-order chi connectivity index (χ0) is 16.5. The van der Waals surface area contributed by atoms with Gasteiger partial charge in [-0.25, -0.2) is 4.98 Å². The molecule has 1 N–H and O–H groups in total. The highest BCUT2D eigenvalue weighted by atomic mass is 32.1. The summed E-state index contributed by atoms with van der Waals surface area (Å²) in [4.78, 5) is 16.9. The number of thiazole rings is 1. The zero-order valence-electron chi connectivity index (χ0n) is 13.2. The van der Waals surface area contributed by atoms with E-state index in [1.54, 1.807) is 11.3 Å². The molecule has 1 aliphatic rings. The fourth-order valence-electron chi connectivity index (χ4n) is 2.89. The fourth-order valence-corrected chi connectivity index (χ4v) is 3.51. The summed E-state index contributed by atoms with van der Waals surface area (Å²) in [5.74, 6) is -0.233. The quantitative estimate of drug-likeness (QED) is 0.793. The topological polar surface area (TPSA) is 67.8 Å². The first-order valence-corrected chi connectivity index (χ1v) is 8.76. The highest BCUT2D eigenvalue weighted by Crippen LogP contribution is 2.24. The highest BCUT2D eigenvalue weighted by molar-refractivity contribution is 7.09. The number of rotatable bonds is 3. The number of aromatic nitrogens is 3. The first kappa shape index (κ1) is 15.0. The van der Waals surface area contributed by atoms with Gasteiger partial charge in [0.25, 0.3) is 5.91 Å². The molecule has 0 unspecified atom stereocenters. The molecule has 1 aliphatic carbocycles. The number of amides is 1. The Labute approximate surface area is 143 Å². The lowest BCUT2D eigenvalue weighted by Crippen LogP contribution is -2.15. The Morgan fingerprint density at radius 3 is 2.96 bits per heavy atom. The molecule has 0 fully saturated rings. The minimum atomic E-state index is -0.233. The van der Waals surface area contributed by atoms with Crippen molar-refractivity contribution in [3.63, 3.8) is 0 Å². The maximum Gasteiger partial charge on any atom is 0.276 e. The average molecular weight is 336 g/mol. The van der Waals surface area contributed by atoms with Gasteiger partial charge in [-0.1, -0.05) is 12.1 Å². The molecule has 3 aromatic rings. The number of hydrogen-bond acceptors (Lipinski definition) is 5. The Balaban J connectivity index is 1.56. The summed E-state index contributed by atoms with van der Waals surface area (Å²) in [5, 5.41) is 14.2. The second-order valence-electron chi connectivity index (χ2n) is 5.84. The van der Waals surface area contributed by atoms with Crippen LogP contribution >= 0.6 is 11.3 Å². The largest absolute Gasteiger partial charge is 0.321 e. The maximum atomic E-state index is 12.4. The van der Waals surface area contributed by atoms with E-state index in [1.807, 2.05) is 42.6 Å². The number of benzene rings is 1. The van der Waals surface area contributed by atoms with Crippen LogP contribution in [0.2, 0.25) is 0 Å². The molecule has 4 rings (SSSR count). The molecular weight excluding hydrogens is 320 g/mol. The van der Waals surface area contributed by atoms with Crippen LogP contribution in [-0.2, 0) is 12.8 Å². The summed E-state index contributed by atoms with van der Waals surface area (Å²) in [6.07, 6.45) is 3.02. The first-order valence-electron chi connectivity index (χ1n) is 7.88. The highest BCUT2D eigenvalue weighted by Gasteiger charge is 2.17. The van der Waals surface area contributed by atoms with Gasteiger partial charge in [-0.3, -0.25) is 4.79 Å². The molecular formula is C18H16N4OS. The zero-order valence-corrected chi connectivity index (χ0v) is 14.1. The van der Waals surface area contributed by atoms with E-state index < -0.39 is 0 Å². The Bertz CT molecular complexity index is 919. The van der Waals surface area contributed by atoms with Gasteiger partial charge >= 0.3 is 0 Å². The number of anilines is 1. The predicted molar refractivity (Wildman–Crippen MR) is 94.3 cm³/mol. The van der Waals surface area contributed by atoms with Crippen molar-refractivity contribution in [1.29, 1.82) is 0 Å². The molecule has 0 bridgehead atoms. The number of carbonyl (C=O) groups is 1. The van der Waals surface area contributed by atoms with E-state index in [-0.39, 0.29) is 5.91 Å². The molecule has 0 saturated heterocycles. The molecule has 0 aliphatic heterocycles. The molecule has 1 aromatic carbocycles. The Morgan fingerprint density at radius 2 is 2.12 bits per heavy atom. The number of fused-ring (bicyclic) bond motifs is 1. The van der Waals surface area contributed by atoms with Gasteiger partial charge in [-0.2, -0.15) is 5.10 Å². The van der Waals surface area contributed by atoms with Crippen LogP contribution in [0.3, 0.4) is 0 Å². The van der Waals surface area contributed by atoms with E-state index in [0.29, 0.717) is 5.69 Å². The lowest BCUT2D eigenvalue weighted by Gasteiger charge is -2.07. The Kier molecular flexibility index (Phi) is 3.82. The van der Waals surface area contributed by atoms with Gasteiger partial charge in [0.1, 0.15) is 0 Å². The normalized spacial score (nSPS) is 12.9. The SMILES string of the molecule is Cc1nc(-c2cccc(NC(=O)c3cc4c(nn3)CCC4)c2)cs1. The minimum absolute atomic E-state index is 0.233. The van der Waals surface area contributed by atoms with Crippen LogP contribution in [-0.4, -0.2) is 21.1 Å². The van der Waals surface area contributed by atoms with Gasteiger partial charge in [-0.15, -0.1) is 16.4 Å². The summed E-state index contributed by atoms with van der Waals surface area (Å²) in [5.41, 5.74) is 5.16. The predicted octanol–water partition coefficient (Wildman–Crippen LogP) is 3.65. The van der Waals surface area contributed by atoms with E-state index in [0.717, 1.165) is 52.5 Å². The van der Waals surface area contributed by atoms with Gasteiger partial charge in [0, 0.05) is 16.6 Å². The number of nitrogens with one attached hydrogen (secondary N) is 1. The molecule has 0 radical (unpaired) electrons. The van der Waals surface area contributed by atoms with Crippen LogP contribution in [0.1, 0.15) is 33.2 Å². The molecule has 120 valence electrons. The van der Waals surface area contributed by atoms with E-state index in [2.05, 4.69) is 20.5 Å². The second kappa shape index (κ2) is 6.13. The Morgan fingerprint density at radius 1 is 1.21 bits per heavy atom. The molecule has 24 heavy (non-hydrogen) atoms. The molecule has 1 amide bonds. The van der Waals surface area contributed by atoms with Crippen LogP contribution < -0.4 is 5.32 Å². The van der Waals surface area contributed by atoms with Crippen LogP contribution in [0.5, 0.6) is 0 Å². The van der Waals surface area contributed by atoms with E-state index in [1.165, 1.54) is 0 Å². The van der Waals surface area contributed by atoms with E-state index >= 15 is 0 Å². The first-order chi connectivity index (χ1) is 11.7. The van der Waals surface area contributed by atoms with Crippen molar-refractivity contribution >= 4 is 22.9 Å². The number of nitrogens with zero attached hydrogens (tertiary/aromatic N) is 3. The lowest BCUT2D eigenvalue weighted by atomic mass is 10.1. The molecule has 0 saturated carbocycles. The molecule has 0 atom stereocenters. The van der Waals surface area contributed by atoms with Gasteiger partial charge < -0.3 is 5.32 Å². The fraction of sp³-hybridized carbons (Fsp3) is 0.222. The third kappa shape index (κ3) is 2.92. The number of aryl methyl sites for hydroxylation is 3. The van der Waals surface area contributed by atoms with Crippen molar-refractivity contribution < 1.29 is 4.79 Å². The van der Waals surface area contributed by atoms with Crippen LogP contribution in [0, 0.1) is 6.92 Å². The third-order valence-corrected chi connectivity index (χ3v) is 4.86. The Hall–Kier alpha value is -2.60. The summed E-state index contributed by atoms with van der Waals surface area (Å²) in [6, 6.07) is 9.54. The van der Waals surface area contributed by atoms with Crippen molar-refractivity contribution in [3.05, 3.63) is 57.7 Å². The van der Waals surface area contributed by atoms with Crippen LogP contribution in [0.15, 0.2) is 35.7 Å². The van der Waals surface area contributed by atoms with Crippen molar-refractivity contribution in [3.8, 4) is 11.3 Å². The summed E-state index contributed by atoms with van der Waals surface area (Å²) < 4.78 is 0. The van der Waals surface area contributed by atoms with Crippen LogP contribution in [0.25, 0.3) is 11.3 Å². The van der Waals surface area contributed by atoms with Crippen molar-refractivity contribution in [2.24, 2.45) is 0 Å². The molecule has 6 heteroatoms. The standard InChI is InChI=1S/C18H16N4OS/c1-11-19-17(10-24-11)12-4-2-6-14(8-12)20-18(23)16-9-13-5-3-7-15(13)21-22-16/h2,4,6,8-10H,3,5,7H2,1H3,(H,20,23). The van der Waals surface area contributed by atoms with E-state index in [9.17, 15) is 4.79 Å². The summed E-state index contributed by atoms with van der Waals surface area (Å²) in [7, 11) is 0. The summed E-state index contributed by atoms with van der Waals surface area (Å²) >= 11 is 1.61. The molecule has 2 heterocycles. The van der Waals surface area contributed by atoms with Gasteiger partial charge in [-0.05, 0) is 49.9 Å². The van der Waals surface area contributed by atoms with Crippen molar-refractivity contribution in [2.45, 2.75) is 26.2 Å². The summed E-state index contributed by atoms with van der Waals surface area (Å²) in [6.45, 7) is 1.98. The smallest absolute Gasteiger partial charge is 0.276 e. The molecule has 2 aromatic heterocycles. The number of carbonyl (C=O) groups excluding carboxylic acids is 1. The molecule has 0 spiro atoms. The third-order valence-electron chi connectivity index (χ3n) is 4.09. The van der Waals surface area contributed by atoms with Crippen LogP contribution in [0.4, 0.5) is 5.69 Å². The average Bonchev–Trinajstić information content (AvgIpc) is 3.23. The van der Waals surface area contributed by atoms with Gasteiger partial charge in [0.2, 0.25) is 0 Å². The minimum Gasteiger partial charge on any atom is -0.321 e. The molecule has 5 nitrogen and oxygen atoms in total. The maximum absolute atomic E-state index is 12.4. The van der Waals surface area contributed by atoms with Crippen molar-refractivity contribution in [1.82, 2.24) is 15.2 Å². The second-order valence-corrected chi connectivity index (χ2v) is 6.90. The number of hydrogen-bond donors (Lipinski definition) is 1.